The summed E-state index contributed by atoms with van der Waals surface area (Å²) in [6, 6.07) is 5.81. The molecule has 4 heteroatoms. The summed E-state index contributed by atoms with van der Waals surface area (Å²) >= 11 is 9.58. The molecule has 0 aliphatic carbocycles. The molecule has 0 saturated heterocycles. The van der Waals surface area contributed by atoms with E-state index in [9.17, 15) is 5.11 Å². The predicted octanol–water partition coefficient (Wildman–Crippen LogP) is 3.24. The summed E-state index contributed by atoms with van der Waals surface area (Å²) in [6.07, 6.45) is 0.698. The SMILES string of the molecule is CC(C)C(CN)(CO)Cc1ccc(Br)cc1Cl. The lowest BCUT2D eigenvalue weighted by Gasteiger charge is -2.35. The van der Waals surface area contributed by atoms with Gasteiger partial charge >= 0.3 is 0 Å². The molecule has 0 aliphatic heterocycles. The summed E-state index contributed by atoms with van der Waals surface area (Å²) in [5.74, 6) is 0.303. The molecule has 0 amide bonds. The zero-order valence-electron chi connectivity index (χ0n) is 10.2. The van der Waals surface area contributed by atoms with Crippen molar-refractivity contribution >= 4 is 27.5 Å². The quantitative estimate of drug-likeness (QED) is 0.875. The van der Waals surface area contributed by atoms with Gasteiger partial charge < -0.3 is 10.8 Å². The average molecular weight is 321 g/mol. The maximum atomic E-state index is 9.62. The Labute approximate surface area is 116 Å². The van der Waals surface area contributed by atoms with E-state index in [2.05, 4.69) is 29.8 Å². The average Bonchev–Trinajstić information content (AvgIpc) is 2.28. The van der Waals surface area contributed by atoms with Crippen LogP contribution in [0.5, 0.6) is 0 Å². The van der Waals surface area contributed by atoms with E-state index in [1.165, 1.54) is 0 Å². The first-order chi connectivity index (χ1) is 7.95. The van der Waals surface area contributed by atoms with Gasteiger partial charge in [-0.3, -0.25) is 0 Å². The van der Waals surface area contributed by atoms with Crippen LogP contribution in [0.15, 0.2) is 22.7 Å². The molecular weight excluding hydrogens is 302 g/mol. The molecule has 0 aromatic heterocycles. The summed E-state index contributed by atoms with van der Waals surface area (Å²) in [5, 5.41) is 10.3. The molecule has 0 spiro atoms. The van der Waals surface area contributed by atoms with Gasteiger partial charge in [0, 0.05) is 21.5 Å². The second-order valence-corrected chi connectivity index (χ2v) is 6.11. The number of halogens is 2. The van der Waals surface area contributed by atoms with Crippen LogP contribution in [0.3, 0.4) is 0 Å². The van der Waals surface area contributed by atoms with Gasteiger partial charge in [-0.1, -0.05) is 47.4 Å². The summed E-state index contributed by atoms with van der Waals surface area (Å²) in [4.78, 5) is 0. The van der Waals surface area contributed by atoms with Gasteiger partial charge in [-0.15, -0.1) is 0 Å². The Morgan fingerprint density at radius 1 is 1.47 bits per heavy atom. The Morgan fingerprint density at radius 3 is 2.53 bits per heavy atom. The molecule has 1 unspecified atom stereocenters. The fourth-order valence-electron chi connectivity index (χ4n) is 1.86. The van der Waals surface area contributed by atoms with Gasteiger partial charge in [-0.25, -0.2) is 0 Å². The normalized spacial score (nSPS) is 15.0. The van der Waals surface area contributed by atoms with Crippen molar-refractivity contribution in [2.45, 2.75) is 20.3 Å². The molecule has 1 atom stereocenters. The third kappa shape index (κ3) is 3.44. The second-order valence-electron chi connectivity index (χ2n) is 4.79. The van der Waals surface area contributed by atoms with E-state index in [4.69, 9.17) is 17.3 Å². The largest absolute Gasteiger partial charge is 0.396 e. The Kier molecular flexibility index (Phi) is 5.45. The fourth-order valence-corrected chi connectivity index (χ4v) is 2.60. The summed E-state index contributed by atoms with van der Waals surface area (Å²) in [5.41, 5.74) is 6.57. The zero-order valence-corrected chi connectivity index (χ0v) is 12.6. The lowest BCUT2D eigenvalue weighted by Crippen LogP contribution is -2.41. The summed E-state index contributed by atoms with van der Waals surface area (Å²) in [7, 11) is 0. The molecular formula is C13H19BrClNO. The van der Waals surface area contributed by atoms with Gasteiger partial charge in [0.05, 0.1) is 6.61 Å². The van der Waals surface area contributed by atoms with Crippen molar-refractivity contribution in [1.29, 1.82) is 0 Å². The molecule has 0 saturated carbocycles. The third-order valence-corrected chi connectivity index (χ3v) is 4.35. The Morgan fingerprint density at radius 2 is 2.12 bits per heavy atom. The lowest BCUT2D eigenvalue weighted by molar-refractivity contribution is 0.0843. The number of nitrogens with two attached hydrogens (primary N) is 1. The molecule has 0 aliphatic rings. The van der Waals surface area contributed by atoms with Crippen LogP contribution >= 0.6 is 27.5 Å². The van der Waals surface area contributed by atoms with Gasteiger partial charge in [-0.2, -0.15) is 0 Å². The molecule has 17 heavy (non-hydrogen) atoms. The molecule has 2 nitrogen and oxygen atoms in total. The molecule has 0 fully saturated rings. The minimum absolute atomic E-state index is 0.0769. The Balaban J connectivity index is 3.01. The van der Waals surface area contributed by atoms with Crippen LogP contribution in [0.4, 0.5) is 0 Å². The summed E-state index contributed by atoms with van der Waals surface area (Å²) in [6.45, 7) is 4.69. The molecule has 0 radical (unpaired) electrons. The monoisotopic (exact) mass is 319 g/mol. The van der Waals surface area contributed by atoms with Gasteiger partial charge in [0.2, 0.25) is 0 Å². The first kappa shape index (κ1) is 15.0. The third-order valence-electron chi connectivity index (χ3n) is 3.50. The first-order valence-corrected chi connectivity index (χ1v) is 6.87. The zero-order chi connectivity index (χ0) is 13.1. The number of hydrogen-bond donors (Lipinski definition) is 2. The molecule has 1 aromatic rings. The van der Waals surface area contributed by atoms with Crippen molar-refractivity contribution in [3.63, 3.8) is 0 Å². The topological polar surface area (TPSA) is 46.2 Å². The number of aliphatic hydroxyl groups excluding tert-OH is 1. The number of aliphatic hydroxyl groups is 1. The highest BCUT2D eigenvalue weighted by molar-refractivity contribution is 9.10. The van der Waals surface area contributed by atoms with Crippen LogP contribution in [-0.4, -0.2) is 18.3 Å². The van der Waals surface area contributed by atoms with Crippen molar-refractivity contribution in [3.05, 3.63) is 33.3 Å². The van der Waals surface area contributed by atoms with Gasteiger partial charge in [0.25, 0.3) is 0 Å². The molecule has 1 rings (SSSR count). The van der Waals surface area contributed by atoms with E-state index in [0.29, 0.717) is 23.9 Å². The first-order valence-electron chi connectivity index (χ1n) is 5.70. The van der Waals surface area contributed by atoms with E-state index in [1.807, 2.05) is 18.2 Å². The molecule has 0 heterocycles. The van der Waals surface area contributed by atoms with Crippen LogP contribution in [0.25, 0.3) is 0 Å². The summed E-state index contributed by atoms with van der Waals surface area (Å²) < 4.78 is 0.957. The minimum Gasteiger partial charge on any atom is -0.396 e. The van der Waals surface area contributed by atoms with Crippen LogP contribution in [0, 0.1) is 11.3 Å². The van der Waals surface area contributed by atoms with Crippen LogP contribution in [0.2, 0.25) is 5.02 Å². The van der Waals surface area contributed by atoms with Crippen molar-refractivity contribution in [2.24, 2.45) is 17.1 Å². The van der Waals surface area contributed by atoms with E-state index in [-0.39, 0.29) is 12.0 Å². The van der Waals surface area contributed by atoms with Gasteiger partial charge in [0.15, 0.2) is 0 Å². The van der Waals surface area contributed by atoms with Crippen molar-refractivity contribution < 1.29 is 5.11 Å². The van der Waals surface area contributed by atoms with Crippen molar-refractivity contribution in [3.8, 4) is 0 Å². The number of hydrogen-bond acceptors (Lipinski definition) is 2. The van der Waals surface area contributed by atoms with Crippen molar-refractivity contribution in [2.75, 3.05) is 13.2 Å². The molecule has 96 valence electrons. The van der Waals surface area contributed by atoms with E-state index in [0.717, 1.165) is 10.0 Å². The highest BCUT2D eigenvalue weighted by Crippen LogP contribution is 2.33. The van der Waals surface area contributed by atoms with E-state index in [1.54, 1.807) is 0 Å². The van der Waals surface area contributed by atoms with E-state index >= 15 is 0 Å². The highest BCUT2D eigenvalue weighted by atomic mass is 79.9. The highest BCUT2D eigenvalue weighted by Gasteiger charge is 2.32. The van der Waals surface area contributed by atoms with E-state index < -0.39 is 0 Å². The minimum atomic E-state index is -0.294. The molecule has 1 aromatic carbocycles. The Bertz CT molecular complexity index is 378. The van der Waals surface area contributed by atoms with Crippen LogP contribution in [-0.2, 0) is 6.42 Å². The van der Waals surface area contributed by atoms with Gasteiger partial charge in [0.1, 0.15) is 0 Å². The standard InChI is InChI=1S/C13H19BrClNO/c1-9(2)13(7-16,8-17)6-10-3-4-11(14)5-12(10)15/h3-5,9,17H,6-8,16H2,1-2H3. The van der Waals surface area contributed by atoms with Crippen LogP contribution in [0.1, 0.15) is 19.4 Å². The smallest absolute Gasteiger partial charge is 0.0505 e. The molecule has 0 bridgehead atoms. The van der Waals surface area contributed by atoms with Crippen molar-refractivity contribution in [1.82, 2.24) is 0 Å². The Hall–Kier alpha value is -0.0900. The van der Waals surface area contributed by atoms with Crippen LogP contribution < -0.4 is 5.73 Å². The second kappa shape index (κ2) is 6.19. The molecule has 3 N–H and O–H groups in total. The number of benzene rings is 1. The fraction of sp³-hybridized carbons (Fsp3) is 0.538. The predicted molar refractivity (Wildman–Crippen MR) is 76.3 cm³/mol. The number of rotatable bonds is 5. The maximum absolute atomic E-state index is 9.62. The maximum Gasteiger partial charge on any atom is 0.0505 e. The van der Waals surface area contributed by atoms with Gasteiger partial charge in [-0.05, 0) is 30.0 Å². The lowest BCUT2D eigenvalue weighted by atomic mass is 9.73.